The van der Waals surface area contributed by atoms with Crippen molar-refractivity contribution < 1.29 is 39.3 Å². The van der Waals surface area contributed by atoms with E-state index in [0.29, 0.717) is 0 Å². The monoisotopic (exact) mass is 446 g/mol. The second-order valence-electron chi connectivity index (χ2n) is 8.19. The lowest BCUT2D eigenvalue weighted by Crippen LogP contribution is -2.59. The van der Waals surface area contributed by atoms with Gasteiger partial charge in [-0.05, 0) is 25.2 Å². The maximum absolute atomic E-state index is 12.8. The Kier molecular flexibility index (Phi) is 11.7. The molecule has 0 fully saturated rings. The minimum Gasteiger partial charge on any atom is -0.481 e. The quantitative estimate of drug-likeness (QED) is 0.174. The molecule has 12 heteroatoms. The predicted molar refractivity (Wildman–Crippen MR) is 110 cm³/mol. The molecule has 0 aliphatic heterocycles. The van der Waals surface area contributed by atoms with Crippen molar-refractivity contribution in [2.24, 2.45) is 17.6 Å². The maximum atomic E-state index is 12.8. The minimum absolute atomic E-state index is 0.0537. The molecular weight excluding hydrogens is 412 g/mol. The molecule has 3 amide bonds. The van der Waals surface area contributed by atoms with Crippen LogP contribution in [0, 0.1) is 11.8 Å². The van der Waals surface area contributed by atoms with Crippen molar-refractivity contribution in [3.8, 4) is 0 Å². The van der Waals surface area contributed by atoms with Crippen LogP contribution in [0.5, 0.6) is 0 Å². The normalized spacial score (nSPS) is 16.0. The van der Waals surface area contributed by atoms with Gasteiger partial charge in [-0.2, -0.15) is 0 Å². The van der Waals surface area contributed by atoms with Gasteiger partial charge in [0.1, 0.15) is 12.1 Å². The standard InChI is InChI=1S/C19H34N4O8/c1-8(2)6-12(17(28)23-15(10(5)24)19(30)31)21-18(29)14(9(3)4)22-16(27)11(20)7-13(25)26/h8-12,14-15,24H,6-7,20H2,1-5H3,(H,21,29)(H,22,27)(H,23,28)(H,25,26)(H,30,31). The summed E-state index contributed by atoms with van der Waals surface area (Å²) >= 11 is 0. The van der Waals surface area contributed by atoms with Crippen LogP contribution in [0.2, 0.25) is 0 Å². The molecular formula is C19H34N4O8. The topological polar surface area (TPSA) is 208 Å². The van der Waals surface area contributed by atoms with Crippen molar-refractivity contribution in [2.75, 3.05) is 0 Å². The van der Waals surface area contributed by atoms with Gasteiger partial charge in [-0.25, -0.2) is 4.79 Å². The first-order chi connectivity index (χ1) is 14.2. The summed E-state index contributed by atoms with van der Waals surface area (Å²) in [4.78, 5) is 59.5. The highest BCUT2D eigenvalue weighted by Crippen LogP contribution is 2.09. The van der Waals surface area contributed by atoms with E-state index in [9.17, 15) is 29.1 Å². The molecule has 0 aromatic heterocycles. The molecule has 0 radical (unpaired) electrons. The van der Waals surface area contributed by atoms with Crippen LogP contribution < -0.4 is 21.7 Å². The van der Waals surface area contributed by atoms with Gasteiger partial charge in [0.2, 0.25) is 17.7 Å². The Bertz CT molecular complexity index is 665. The van der Waals surface area contributed by atoms with Gasteiger partial charge in [-0.15, -0.1) is 0 Å². The number of hydrogen-bond donors (Lipinski definition) is 7. The van der Waals surface area contributed by atoms with Gasteiger partial charge in [0.15, 0.2) is 6.04 Å². The highest BCUT2D eigenvalue weighted by molar-refractivity contribution is 5.94. The second-order valence-corrected chi connectivity index (χ2v) is 8.19. The van der Waals surface area contributed by atoms with Crippen LogP contribution in [0.4, 0.5) is 0 Å². The van der Waals surface area contributed by atoms with E-state index in [0.717, 1.165) is 0 Å². The van der Waals surface area contributed by atoms with Gasteiger partial charge >= 0.3 is 11.9 Å². The molecule has 0 saturated carbocycles. The summed E-state index contributed by atoms with van der Waals surface area (Å²) in [7, 11) is 0. The number of aliphatic carboxylic acids is 2. The molecule has 5 unspecified atom stereocenters. The minimum atomic E-state index is -1.56. The summed E-state index contributed by atoms with van der Waals surface area (Å²) in [5.74, 6) is -5.52. The van der Waals surface area contributed by atoms with Gasteiger partial charge in [0, 0.05) is 0 Å². The summed E-state index contributed by atoms with van der Waals surface area (Å²) in [5, 5.41) is 34.6. The fourth-order valence-corrected chi connectivity index (χ4v) is 2.68. The summed E-state index contributed by atoms with van der Waals surface area (Å²) in [6, 6.07) is -5.15. The predicted octanol–water partition coefficient (Wildman–Crippen LogP) is -1.59. The first-order valence-corrected chi connectivity index (χ1v) is 9.96. The number of rotatable bonds is 13. The Morgan fingerprint density at radius 2 is 1.32 bits per heavy atom. The van der Waals surface area contributed by atoms with E-state index >= 15 is 0 Å². The second kappa shape index (κ2) is 12.8. The molecule has 0 aromatic carbocycles. The smallest absolute Gasteiger partial charge is 0.328 e. The molecule has 0 aliphatic rings. The van der Waals surface area contributed by atoms with Crippen LogP contribution >= 0.6 is 0 Å². The average molecular weight is 447 g/mol. The van der Waals surface area contributed by atoms with E-state index in [4.69, 9.17) is 15.9 Å². The van der Waals surface area contributed by atoms with Crippen molar-refractivity contribution in [3.63, 3.8) is 0 Å². The van der Waals surface area contributed by atoms with Crippen LogP contribution in [0.3, 0.4) is 0 Å². The third kappa shape index (κ3) is 10.2. The van der Waals surface area contributed by atoms with Crippen LogP contribution in [-0.2, 0) is 24.0 Å². The Balaban J connectivity index is 5.44. The van der Waals surface area contributed by atoms with Crippen LogP contribution in [0.1, 0.15) is 47.5 Å². The summed E-state index contributed by atoms with van der Waals surface area (Å²) in [5.41, 5.74) is 5.53. The Hall–Kier alpha value is -2.73. The van der Waals surface area contributed by atoms with E-state index in [1.807, 2.05) is 0 Å². The highest BCUT2D eigenvalue weighted by Gasteiger charge is 2.33. The summed E-state index contributed by atoms with van der Waals surface area (Å²) in [6.07, 6.45) is -1.82. The molecule has 0 rings (SSSR count). The number of carboxylic acid groups (broad SMARTS) is 2. The molecule has 0 aliphatic carbocycles. The molecule has 0 bridgehead atoms. The van der Waals surface area contributed by atoms with Gasteiger partial charge in [-0.1, -0.05) is 27.7 Å². The summed E-state index contributed by atoms with van der Waals surface area (Å²) in [6.45, 7) is 8.07. The number of nitrogens with two attached hydrogens (primary N) is 1. The van der Waals surface area contributed by atoms with Crippen molar-refractivity contribution in [3.05, 3.63) is 0 Å². The van der Waals surface area contributed by atoms with E-state index in [1.165, 1.54) is 6.92 Å². The fourth-order valence-electron chi connectivity index (χ4n) is 2.68. The van der Waals surface area contributed by atoms with Gasteiger partial charge < -0.3 is 37.0 Å². The molecule has 178 valence electrons. The van der Waals surface area contributed by atoms with Crippen LogP contribution in [-0.4, -0.2) is 75.3 Å². The van der Waals surface area contributed by atoms with Gasteiger partial charge in [0.25, 0.3) is 0 Å². The number of aliphatic hydroxyl groups excluding tert-OH is 1. The molecule has 12 nitrogen and oxygen atoms in total. The number of aliphatic hydroxyl groups is 1. The molecule has 31 heavy (non-hydrogen) atoms. The Labute approximate surface area is 180 Å². The average Bonchev–Trinajstić information content (AvgIpc) is 2.60. The van der Waals surface area contributed by atoms with Crippen molar-refractivity contribution in [1.82, 2.24) is 16.0 Å². The fraction of sp³-hybridized carbons (Fsp3) is 0.737. The van der Waals surface area contributed by atoms with Crippen molar-refractivity contribution in [2.45, 2.75) is 77.7 Å². The highest BCUT2D eigenvalue weighted by atomic mass is 16.4. The third-order valence-corrected chi connectivity index (χ3v) is 4.36. The molecule has 0 heterocycles. The number of carboxylic acids is 2. The molecule has 0 saturated heterocycles. The SMILES string of the molecule is CC(C)CC(NC(=O)C(NC(=O)C(N)CC(=O)O)C(C)C)C(=O)NC(C(=O)O)C(C)O. The number of carbonyl (C=O) groups is 5. The third-order valence-electron chi connectivity index (χ3n) is 4.36. The number of hydrogen-bond acceptors (Lipinski definition) is 7. The zero-order valence-electron chi connectivity index (χ0n) is 18.4. The van der Waals surface area contributed by atoms with Crippen molar-refractivity contribution >= 4 is 29.7 Å². The van der Waals surface area contributed by atoms with E-state index in [-0.39, 0.29) is 12.3 Å². The first-order valence-electron chi connectivity index (χ1n) is 9.96. The molecule has 0 aromatic rings. The lowest BCUT2D eigenvalue weighted by atomic mass is 9.99. The summed E-state index contributed by atoms with van der Waals surface area (Å²) < 4.78 is 0. The molecule has 5 atom stereocenters. The Morgan fingerprint density at radius 1 is 0.806 bits per heavy atom. The zero-order valence-corrected chi connectivity index (χ0v) is 18.4. The van der Waals surface area contributed by atoms with Gasteiger partial charge in [0.05, 0.1) is 18.6 Å². The first kappa shape index (κ1) is 28.3. The van der Waals surface area contributed by atoms with Crippen molar-refractivity contribution in [1.29, 1.82) is 0 Å². The van der Waals surface area contributed by atoms with E-state index in [1.54, 1.807) is 27.7 Å². The van der Waals surface area contributed by atoms with E-state index in [2.05, 4.69) is 16.0 Å². The molecule has 8 N–H and O–H groups in total. The van der Waals surface area contributed by atoms with Crippen LogP contribution in [0.25, 0.3) is 0 Å². The lowest BCUT2D eigenvalue weighted by Gasteiger charge is -2.28. The molecule has 0 spiro atoms. The van der Waals surface area contributed by atoms with Gasteiger partial charge in [-0.3, -0.25) is 19.2 Å². The zero-order chi connectivity index (χ0) is 24.5. The van der Waals surface area contributed by atoms with E-state index < -0.39 is 72.3 Å². The Morgan fingerprint density at radius 3 is 1.71 bits per heavy atom. The van der Waals surface area contributed by atoms with Crippen LogP contribution in [0.15, 0.2) is 0 Å². The lowest BCUT2D eigenvalue weighted by molar-refractivity contribution is -0.145. The maximum Gasteiger partial charge on any atom is 0.328 e. The largest absolute Gasteiger partial charge is 0.481 e. The number of carbonyl (C=O) groups excluding carboxylic acids is 3. The number of nitrogens with one attached hydrogen (secondary N) is 3. The number of amides is 3.